The van der Waals surface area contributed by atoms with Crippen LogP contribution in [0.3, 0.4) is 0 Å². The first-order valence-corrected chi connectivity index (χ1v) is 24.7. The lowest BCUT2D eigenvalue weighted by Gasteiger charge is -2.38. The van der Waals surface area contributed by atoms with Gasteiger partial charge in [-0.15, -0.1) is 0 Å². The molecule has 0 radical (unpaired) electrons. The van der Waals surface area contributed by atoms with Crippen LogP contribution in [-0.4, -0.2) is 9.13 Å². The third-order valence-corrected chi connectivity index (χ3v) is 14.2. The van der Waals surface area contributed by atoms with Crippen molar-refractivity contribution in [2.75, 3.05) is 4.90 Å². The van der Waals surface area contributed by atoms with E-state index in [1.54, 1.807) is 0 Å². The van der Waals surface area contributed by atoms with Gasteiger partial charge in [-0.3, -0.25) is 0 Å². The monoisotopic (exact) mass is 878 g/mol. The molecule has 0 amide bonds. The van der Waals surface area contributed by atoms with Gasteiger partial charge in [-0.25, -0.2) is 0 Å². The van der Waals surface area contributed by atoms with Crippen LogP contribution in [0.15, 0.2) is 200 Å². The van der Waals surface area contributed by atoms with Crippen molar-refractivity contribution in [2.45, 2.75) is 93.0 Å². The molecule has 0 bridgehead atoms. The Kier molecular flexibility index (Phi) is 13.0. The molecular weight excluding hydrogens is 811 g/mol. The van der Waals surface area contributed by atoms with Gasteiger partial charge in [0.25, 0.3) is 0 Å². The van der Waals surface area contributed by atoms with Crippen LogP contribution in [0.1, 0.15) is 103 Å². The van der Waals surface area contributed by atoms with Crippen molar-refractivity contribution in [2.24, 2.45) is 10.8 Å². The Morgan fingerprint density at radius 3 is 1.60 bits per heavy atom. The molecule has 3 nitrogen and oxygen atoms in total. The minimum atomic E-state index is 0.113. The van der Waals surface area contributed by atoms with Crippen molar-refractivity contribution >= 4 is 60.7 Å². The molecular formula is C64H67N3. The van der Waals surface area contributed by atoms with Gasteiger partial charge in [-0.05, 0) is 119 Å². The maximum Gasteiger partial charge on any atom is 0.0596 e. The van der Waals surface area contributed by atoms with E-state index in [9.17, 15) is 0 Å². The predicted molar refractivity (Wildman–Crippen MR) is 290 cm³/mol. The van der Waals surface area contributed by atoms with E-state index in [1.807, 2.05) is 13.8 Å². The van der Waals surface area contributed by atoms with Crippen LogP contribution in [0.5, 0.6) is 0 Å². The lowest BCUT2D eigenvalue weighted by Crippen LogP contribution is -2.25. The van der Waals surface area contributed by atoms with Gasteiger partial charge in [0.05, 0.1) is 16.6 Å². The first kappa shape index (κ1) is 45.3. The molecule has 0 aliphatic rings. The van der Waals surface area contributed by atoms with Gasteiger partial charge in [-0.2, -0.15) is 0 Å². The first-order chi connectivity index (χ1) is 32.6. The summed E-state index contributed by atoms with van der Waals surface area (Å²) in [5.74, 6) is 0.787. The van der Waals surface area contributed by atoms with Gasteiger partial charge in [0.15, 0.2) is 0 Å². The lowest BCUT2D eigenvalue weighted by molar-refractivity contribution is 0.229. The third-order valence-electron chi connectivity index (χ3n) is 14.2. The highest BCUT2D eigenvalue weighted by molar-refractivity contribution is 6.25. The third kappa shape index (κ3) is 9.05. The first-order valence-electron chi connectivity index (χ1n) is 24.7. The number of hydrogen-bond acceptors (Lipinski definition) is 1. The van der Waals surface area contributed by atoms with Crippen molar-refractivity contribution in [1.29, 1.82) is 0 Å². The summed E-state index contributed by atoms with van der Waals surface area (Å²) in [6.45, 7) is 19.3. The summed E-state index contributed by atoms with van der Waals surface area (Å²) in [4.78, 5) is 2.36. The molecule has 2 unspecified atom stereocenters. The van der Waals surface area contributed by atoms with Crippen LogP contribution in [0.25, 0.3) is 49.3 Å². The van der Waals surface area contributed by atoms with Crippen molar-refractivity contribution in [3.8, 4) is 5.69 Å². The predicted octanol–water partition coefficient (Wildman–Crippen LogP) is 18.6. The van der Waals surface area contributed by atoms with E-state index in [0.29, 0.717) is 11.8 Å². The molecule has 3 heteroatoms. The summed E-state index contributed by atoms with van der Waals surface area (Å²) in [5, 5.41) is 5.19. The summed E-state index contributed by atoms with van der Waals surface area (Å²) in [5.41, 5.74) is 14.2. The van der Waals surface area contributed by atoms with Crippen LogP contribution in [0, 0.1) is 10.8 Å². The number of anilines is 3. The molecule has 0 fully saturated rings. The zero-order chi connectivity index (χ0) is 46.7. The molecule has 10 aromatic rings. The highest BCUT2D eigenvalue weighted by Gasteiger charge is 2.34. The van der Waals surface area contributed by atoms with E-state index in [1.165, 1.54) is 71.7 Å². The van der Waals surface area contributed by atoms with E-state index in [-0.39, 0.29) is 10.8 Å². The maximum atomic E-state index is 2.58. The highest BCUT2D eigenvalue weighted by atomic mass is 15.1. The van der Waals surface area contributed by atoms with Gasteiger partial charge < -0.3 is 14.0 Å². The topological polar surface area (TPSA) is 13.1 Å². The average molecular weight is 878 g/mol. The van der Waals surface area contributed by atoms with Gasteiger partial charge in [0.1, 0.15) is 0 Å². The minimum absolute atomic E-state index is 0.113. The molecule has 0 saturated carbocycles. The normalized spacial score (nSPS) is 12.9. The fourth-order valence-electron chi connectivity index (χ4n) is 10.7. The number of hydrogen-bond donors (Lipinski definition) is 0. The molecule has 338 valence electrons. The van der Waals surface area contributed by atoms with E-state index in [2.05, 4.69) is 256 Å². The fraction of sp³-hybridized carbons (Fsp3) is 0.250. The van der Waals surface area contributed by atoms with Gasteiger partial charge in [0.2, 0.25) is 0 Å². The largest absolute Gasteiger partial charge is 0.335 e. The zero-order valence-corrected chi connectivity index (χ0v) is 40.9. The smallest absolute Gasteiger partial charge is 0.0596 e. The molecule has 0 N–H and O–H groups in total. The molecule has 0 saturated heterocycles. The maximum absolute atomic E-state index is 2.58. The van der Waals surface area contributed by atoms with E-state index < -0.39 is 0 Å². The SMILES string of the molecule is CC.CCC(C)(C)C(CC(CC(C)(C)C)c1ccc(Cn2c3ccccc3c3ccc4c(c5ccccc5n4-c4ccccc4)c32)cc1)c1ccc(N(c2ccccc2)c2ccccc2)cc1. The molecule has 67 heavy (non-hydrogen) atoms. The minimum Gasteiger partial charge on any atom is -0.335 e. The number of aromatic nitrogens is 2. The number of rotatable bonds is 13. The molecule has 2 heterocycles. The summed E-state index contributed by atoms with van der Waals surface area (Å²) < 4.78 is 5.01. The number of nitrogens with zero attached hydrogens (tertiary/aromatic N) is 3. The van der Waals surface area contributed by atoms with Crippen LogP contribution in [-0.2, 0) is 6.54 Å². The van der Waals surface area contributed by atoms with Crippen molar-refractivity contribution in [3.05, 3.63) is 217 Å². The van der Waals surface area contributed by atoms with E-state index in [4.69, 9.17) is 0 Å². The van der Waals surface area contributed by atoms with Crippen LogP contribution in [0.2, 0.25) is 0 Å². The standard InChI is InChI=1S/C62H61N3.C2H6/c1-7-62(5,6)55(46-35-37-51(38-36-46)64(48-21-11-8-12-22-48)49-23-13-9-14-24-49)41-47(42-61(2,3)4)45-33-31-44(32-34-45)43-63-56-29-19-17-27-52(56)53-39-40-58-59(60(53)63)54-28-18-20-30-57(54)65(58)50-25-15-10-16-26-50;1-2/h8-40,47,55H,7,41-43H2,1-6H3;1-2H3. The van der Waals surface area contributed by atoms with Gasteiger partial charge >= 0.3 is 0 Å². The Morgan fingerprint density at radius 2 is 1.00 bits per heavy atom. The van der Waals surface area contributed by atoms with E-state index in [0.717, 1.165) is 37.2 Å². The Labute approximate surface area is 399 Å². The highest BCUT2D eigenvalue weighted by Crippen LogP contribution is 2.48. The number of fused-ring (bicyclic) bond motifs is 7. The molecule has 0 aliphatic heterocycles. The Morgan fingerprint density at radius 1 is 0.478 bits per heavy atom. The molecule has 0 spiro atoms. The second kappa shape index (κ2) is 19.2. The molecule has 2 atom stereocenters. The van der Waals surface area contributed by atoms with Gasteiger partial charge in [-0.1, -0.05) is 195 Å². The average Bonchev–Trinajstić information content (AvgIpc) is 3.87. The summed E-state index contributed by atoms with van der Waals surface area (Å²) in [6, 6.07) is 74.0. The summed E-state index contributed by atoms with van der Waals surface area (Å²) in [7, 11) is 0. The van der Waals surface area contributed by atoms with E-state index >= 15 is 0 Å². The second-order valence-electron chi connectivity index (χ2n) is 20.1. The van der Waals surface area contributed by atoms with Crippen molar-refractivity contribution < 1.29 is 0 Å². The Hall–Kier alpha value is -6.84. The summed E-state index contributed by atoms with van der Waals surface area (Å²) >= 11 is 0. The number of para-hydroxylation sites is 5. The van der Waals surface area contributed by atoms with Crippen LogP contribution in [0.4, 0.5) is 17.1 Å². The molecule has 0 aliphatic carbocycles. The Balaban J connectivity index is 0.00000278. The quantitative estimate of drug-likeness (QED) is 0.112. The van der Waals surface area contributed by atoms with Crippen LogP contribution < -0.4 is 4.90 Å². The second-order valence-corrected chi connectivity index (χ2v) is 20.1. The molecule has 2 aromatic heterocycles. The lowest BCUT2D eigenvalue weighted by atomic mass is 9.66. The molecule has 8 aromatic carbocycles. The van der Waals surface area contributed by atoms with Crippen molar-refractivity contribution in [1.82, 2.24) is 9.13 Å². The van der Waals surface area contributed by atoms with Crippen LogP contribution >= 0.6 is 0 Å². The molecule has 10 rings (SSSR count). The van der Waals surface area contributed by atoms with Gasteiger partial charge in [0, 0.05) is 56.4 Å². The van der Waals surface area contributed by atoms with Crippen molar-refractivity contribution in [3.63, 3.8) is 0 Å². The zero-order valence-electron chi connectivity index (χ0n) is 40.9. The number of benzene rings is 8. The summed E-state index contributed by atoms with van der Waals surface area (Å²) in [6.07, 6.45) is 3.32. The Bertz CT molecular complexity index is 3160. The fourth-order valence-corrected chi connectivity index (χ4v) is 10.7.